The van der Waals surface area contributed by atoms with E-state index in [1.54, 1.807) is 24.4 Å². The Morgan fingerprint density at radius 3 is 2.57 bits per heavy atom. The molecule has 0 atom stereocenters. The van der Waals surface area contributed by atoms with Crippen molar-refractivity contribution < 1.29 is 22.7 Å². The van der Waals surface area contributed by atoms with Crippen LogP contribution in [0.5, 0.6) is 5.75 Å². The van der Waals surface area contributed by atoms with Gasteiger partial charge in [0.25, 0.3) is 5.91 Å². The Labute approximate surface area is 163 Å². The first kappa shape index (κ1) is 19.7. The summed E-state index contributed by atoms with van der Waals surface area (Å²) in [6, 6.07) is 12.4. The van der Waals surface area contributed by atoms with Crippen molar-refractivity contribution in [2.45, 2.75) is 6.18 Å². The Hall–Kier alpha value is -3.06. The van der Waals surface area contributed by atoms with Crippen molar-refractivity contribution in [3.63, 3.8) is 0 Å². The maximum Gasteiger partial charge on any atom is 0.416 e. The first-order chi connectivity index (χ1) is 13.3. The van der Waals surface area contributed by atoms with Gasteiger partial charge in [0.05, 0.1) is 23.4 Å². The number of alkyl halides is 3. The van der Waals surface area contributed by atoms with Crippen molar-refractivity contribution >= 4 is 23.2 Å². The average molecular weight is 407 g/mol. The highest BCUT2D eigenvalue weighted by molar-refractivity contribution is 6.33. The normalized spacial score (nSPS) is 11.2. The summed E-state index contributed by atoms with van der Waals surface area (Å²) in [5, 5.41) is 2.87. The van der Waals surface area contributed by atoms with Crippen molar-refractivity contribution in [2.75, 3.05) is 12.4 Å². The highest BCUT2D eigenvalue weighted by Crippen LogP contribution is 2.34. The summed E-state index contributed by atoms with van der Waals surface area (Å²) in [7, 11) is 1.43. The van der Waals surface area contributed by atoms with E-state index in [-0.39, 0.29) is 11.3 Å². The molecule has 0 radical (unpaired) electrons. The maximum atomic E-state index is 12.8. The maximum absolute atomic E-state index is 12.8. The number of halogens is 4. The fourth-order valence-electron chi connectivity index (χ4n) is 2.59. The van der Waals surface area contributed by atoms with Gasteiger partial charge in [0.2, 0.25) is 0 Å². The van der Waals surface area contributed by atoms with Crippen LogP contribution < -0.4 is 10.1 Å². The zero-order chi connectivity index (χ0) is 20.3. The molecule has 4 nitrogen and oxygen atoms in total. The minimum Gasteiger partial charge on any atom is -0.496 e. The van der Waals surface area contributed by atoms with E-state index in [2.05, 4.69) is 10.3 Å². The van der Waals surface area contributed by atoms with E-state index in [1.165, 1.54) is 31.4 Å². The molecular formula is C20H14ClF3N2O2. The minimum atomic E-state index is -4.49. The van der Waals surface area contributed by atoms with Crippen LogP contribution in [0.1, 0.15) is 15.9 Å². The van der Waals surface area contributed by atoms with Gasteiger partial charge in [-0.05, 0) is 48.5 Å². The summed E-state index contributed by atoms with van der Waals surface area (Å²) in [4.78, 5) is 16.7. The minimum absolute atomic E-state index is 0.0376. The lowest BCUT2D eigenvalue weighted by Crippen LogP contribution is -2.13. The molecule has 1 aromatic heterocycles. The third-order valence-electron chi connectivity index (χ3n) is 3.93. The molecule has 0 saturated heterocycles. The van der Waals surface area contributed by atoms with Gasteiger partial charge in [0.15, 0.2) is 0 Å². The molecule has 0 bridgehead atoms. The number of hydrogen-bond donors (Lipinski definition) is 1. The average Bonchev–Trinajstić information content (AvgIpc) is 2.67. The molecule has 0 aliphatic heterocycles. The first-order valence-corrected chi connectivity index (χ1v) is 8.45. The van der Waals surface area contributed by atoms with E-state index in [0.717, 1.165) is 12.1 Å². The number of amides is 1. The summed E-state index contributed by atoms with van der Waals surface area (Å²) in [6.07, 6.45) is -2.91. The number of carbonyl (C=O) groups excluding carboxylic acids is 1. The number of nitrogens with zero attached hydrogens (tertiary/aromatic N) is 1. The Kier molecular flexibility index (Phi) is 5.56. The van der Waals surface area contributed by atoms with E-state index in [0.29, 0.717) is 22.0 Å². The van der Waals surface area contributed by atoms with Gasteiger partial charge in [0, 0.05) is 23.0 Å². The van der Waals surface area contributed by atoms with Gasteiger partial charge in [-0.3, -0.25) is 9.78 Å². The molecular weight excluding hydrogens is 393 g/mol. The van der Waals surface area contributed by atoms with E-state index >= 15 is 0 Å². The largest absolute Gasteiger partial charge is 0.496 e. The van der Waals surface area contributed by atoms with Gasteiger partial charge in [-0.1, -0.05) is 17.7 Å². The van der Waals surface area contributed by atoms with E-state index in [1.807, 2.05) is 0 Å². The number of hydrogen-bond acceptors (Lipinski definition) is 3. The zero-order valence-electron chi connectivity index (χ0n) is 14.5. The lowest BCUT2D eigenvalue weighted by Gasteiger charge is -2.12. The van der Waals surface area contributed by atoms with E-state index in [4.69, 9.17) is 16.3 Å². The third-order valence-corrected chi connectivity index (χ3v) is 4.23. The number of pyridine rings is 1. The molecule has 0 unspecified atom stereocenters. The van der Waals surface area contributed by atoms with Gasteiger partial charge >= 0.3 is 6.18 Å². The number of ether oxygens (including phenoxy) is 1. The Morgan fingerprint density at radius 1 is 1.11 bits per heavy atom. The molecule has 8 heteroatoms. The number of anilines is 1. The van der Waals surface area contributed by atoms with Gasteiger partial charge in [-0.2, -0.15) is 13.2 Å². The van der Waals surface area contributed by atoms with Crippen LogP contribution in [-0.2, 0) is 6.18 Å². The Balaban J connectivity index is 1.88. The summed E-state index contributed by atoms with van der Waals surface area (Å²) in [5.41, 5.74) is 0.485. The van der Waals surface area contributed by atoms with Crippen LogP contribution in [0.15, 0.2) is 60.8 Å². The SMILES string of the molecule is COc1cc(C(=O)Nc2cccc(C(F)(F)F)c2)ccc1-c1ncccc1Cl. The zero-order valence-corrected chi connectivity index (χ0v) is 15.3. The lowest BCUT2D eigenvalue weighted by molar-refractivity contribution is -0.137. The third kappa shape index (κ3) is 4.26. The lowest BCUT2D eigenvalue weighted by atomic mass is 10.1. The molecule has 144 valence electrons. The van der Waals surface area contributed by atoms with Gasteiger partial charge in [-0.15, -0.1) is 0 Å². The smallest absolute Gasteiger partial charge is 0.416 e. The van der Waals surface area contributed by atoms with Crippen molar-refractivity contribution in [3.05, 3.63) is 76.9 Å². The highest BCUT2D eigenvalue weighted by atomic mass is 35.5. The highest BCUT2D eigenvalue weighted by Gasteiger charge is 2.30. The van der Waals surface area contributed by atoms with Crippen LogP contribution in [0.3, 0.4) is 0 Å². The summed E-state index contributed by atoms with van der Waals surface area (Å²) < 4.78 is 43.8. The Morgan fingerprint density at radius 2 is 1.89 bits per heavy atom. The fraction of sp³-hybridized carbons (Fsp3) is 0.100. The van der Waals surface area contributed by atoms with Gasteiger partial charge < -0.3 is 10.1 Å². The van der Waals surface area contributed by atoms with Crippen LogP contribution in [0.4, 0.5) is 18.9 Å². The van der Waals surface area contributed by atoms with Crippen molar-refractivity contribution in [2.24, 2.45) is 0 Å². The molecule has 0 fully saturated rings. The molecule has 28 heavy (non-hydrogen) atoms. The van der Waals surface area contributed by atoms with Crippen LogP contribution in [0.2, 0.25) is 5.02 Å². The predicted octanol–water partition coefficient (Wildman–Crippen LogP) is 5.68. The summed E-state index contributed by atoms with van der Waals surface area (Å²) >= 11 is 6.16. The molecule has 0 aliphatic carbocycles. The van der Waals surface area contributed by atoms with Gasteiger partial charge in [-0.25, -0.2) is 0 Å². The first-order valence-electron chi connectivity index (χ1n) is 8.07. The van der Waals surface area contributed by atoms with Crippen molar-refractivity contribution in [1.29, 1.82) is 0 Å². The monoisotopic (exact) mass is 406 g/mol. The molecule has 3 rings (SSSR count). The van der Waals surface area contributed by atoms with Crippen LogP contribution in [0.25, 0.3) is 11.3 Å². The molecule has 2 aromatic carbocycles. The van der Waals surface area contributed by atoms with Crippen LogP contribution in [0, 0.1) is 0 Å². The number of benzene rings is 2. The number of aromatic nitrogens is 1. The molecule has 1 amide bonds. The van der Waals surface area contributed by atoms with Crippen molar-refractivity contribution in [1.82, 2.24) is 4.98 Å². The van der Waals surface area contributed by atoms with E-state index in [9.17, 15) is 18.0 Å². The number of methoxy groups -OCH3 is 1. The second-order valence-electron chi connectivity index (χ2n) is 5.78. The summed E-state index contributed by atoms with van der Waals surface area (Å²) in [5.74, 6) is -0.214. The molecule has 1 N–H and O–H groups in total. The molecule has 1 heterocycles. The van der Waals surface area contributed by atoms with Crippen molar-refractivity contribution in [3.8, 4) is 17.0 Å². The quantitative estimate of drug-likeness (QED) is 0.606. The predicted molar refractivity (Wildman–Crippen MR) is 101 cm³/mol. The molecule has 0 saturated carbocycles. The summed E-state index contributed by atoms with van der Waals surface area (Å²) in [6.45, 7) is 0. The standard InChI is InChI=1S/C20H14ClF3N2O2/c1-28-17-10-12(7-8-15(17)18-16(21)6-3-9-25-18)19(27)26-14-5-2-4-13(11-14)20(22,23)24/h2-11H,1H3,(H,26,27). The second-order valence-corrected chi connectivity index (χ2v) is 6.19. The number of rotatable bonds is 4. The topological polar surface area (TPSA) is 51.2 Å². The van der Waals surface area contributed by atoms with E-state index < -0.39 is 17.6 Å². The molecule has 0 spiro atoms. The van der Waals surface area contributed by atoms with Crippen LogP contribution in [-0.4, -0.2) is 18.0 Å². The van der Waals surface area contributed by atoms with Gasteiger partial charge in [0.1, 0.15) is 5.75 Å². The molecule has 0 aliphatic rings. The number of carbonyl (C=O) groups is 1. The molecule has 3 aromatic rings. The van der Waals surface area contributed by atoms with Crippen LogP contribution >= 0.6 is 11.6 Å². The Bertz CT molecular complexity index is 1020. The second kappa shape index (κ2) is 7.90. The fourth-order valence-corrected chi connectivity index (χ4v) is 2.81. The number of nitrogens with one attached hydrogen (secondary N) is 1.